The number of fused-ring (bicyclic) bond motifs is 2. The second kappa shape index (κ2) is 9.37. The van der Waals surface area contributed by atoms with Crippen LogP contribution in [0.4, 0.5) is 10.8 Å². The smallest absolute Gasteiger partial charge is 0.258 e. The van der Waals surface area contributed by atoms with Crippen LogP contribution in [0.2, 0.25) is 0 Å². The van der Waals surface area contributed by atoms with E-state index in [0.717, 1.165) is 44.9 Å². The molecule has 3 heterocycles. The molecule has 3 aromatic carbocycles. The minimum absolute atomic E-state index is 0.0208. The second-order valence-corrected chi connectivity index (χ2v) is 10.5. The van der Waals surface area contributed by atoms with Gasteiger partial charge in [0.15, 0.2) is 16.6 Å². The molecule has 1 aromatic heterocycles. The highest BCUT2D eigenvalue weighted by Gasteiger charge is 2.26. The highest BCUT2D eigenvalue weighted by Crippen LogP contribution is 2.37. The van der Waals surface area contributed by atoms with Crippen molar-refractivity contribution in [1.82, 2.24) is 4.98 Å². The number of hydrogen-bond acceptors (Lipinski definition) is 6. The first-order valence-electron chi connectivity index (χ1n) is 12.1. The lowest BCUT2D eigenvalue weighted by molar-refractivity contribution is -0.115. The van der Waals surface area contributed by atoms with Crippen LogP contribution in [0.3, 0.4) is 0 Å². The number of benzene rings is 3. The van der Waals surface area contributed by atoms with Crippen molar-refractivity contribution < 1.29 is 19.1 Å². The van der Waals surface area contributed by atoms with Gasteiger partial charge in [-0.05, 0) is 67.8 Å². The van der Waals surface area contributed by atoms with Gasteiger partial charge in [-0.3, -0.25) is 9.59 Å². The molecule has 0 saturated carbocycles. The Morgan fingerprint density at radius 1 is 1.03 bits per heavy atom. The Hall–Kier alpha value is -4.17. The third-order valence-electron chi connectivity index (χ3n) is 6.60. The Balaban J connectivity index is 1.17. The average Bonchev–Trinajstić information content (AvgIpc) is 3.61. The molecule has 0 radical (unpaired) electrons. The Kier molecular flexibility index (Phi) is 5.88. The summed E-state index contributed by atoms with van der Waals surface area (Å²) in [6.45, 7) is 4.85. The molecule has 4 aromatic rings. The van der Waals surface area contributed by atoms with Crippen molar-refractivity contribution in [3.63, 3.8) is 0 Å². The first-order chi connectivity index (χ1) is 17.9. The van der Waals surface area contributed by atoms with E-state index in [1.54, 1.807) is 0 Å². The van der Waals surface area contributed by atoms with Crippen LogP contribution in [0.25, 0.3) is 11.3 Å². The van der Waals surface area contributed by atoms with Gasteiger partial charge in [-0.15, -0.1) is 11.3 Å². The van der Waals surface area contributed by atoms with E-state index in [1.807, 2.05) is 73.3 Å². The predicted molar refractivity (Wildman–Crippen MR) is 144 cm³/mol. The number of nitrogens with zero attached hydrogens (tertiary/aromatic N) is 2. The van der Waals surface area contributed by atoms with Crippen molar-refractivity contribution >= 4 is 34.0 Å². The first-order valence-corrected chi connectivity index (χ1v) is 12.9. The largest absolute Gasteiger partial charge is 0.454 e. The molecule has 0 fully saturated rings. The molecule has 0 aliphatic carbocycles. The van der Waals surface area contributed by atoms with Crippen molar-refractivity contribution in [3.8, 4) is 22.8 Å². The van der Waals surface area contributed by atoms with Gasteiger partial charge in [0, 0.05) is 28.2 Å². The molecule has 0 atom stereocenters. The topological polar surface area (TPSA) is 80.8 Å². The summed E-state index contributed by atoms with van der Waals surface area (Å²) >= 11 is 1.45. The van der Waals surface area contributed by atoms with Gasteiger partial charge in [0.05, 0.1) is 12.1 Å². The summed E-state index contributed by atoms with van der Waals surface area (Å²) in [6.07, 6.45) is 1.01. The third-order valence-corrected chi connectivity index (χ3v) is 7.49. The Labute approximate surface area is 218 Å². The molecule has 0 spiro atoms. The third kappa shape index (κ3) is 4.56. The summed E-state index contributed by atoms with van der Waals surface area (Å²) in [6, 6.07) is 19.3. The van der Waals surface area contributed by atoms with E-state index in [0.29, 0.717) is 28.7 Å². The van der Waals surface area contributed by atoms with E-state index < -0.39 is 0 Å². The quantitative estimate of drug-likeness (QED) is 0.381. The number of amides is 2. The second-order valence-electron chi connectivity index (χ2n) is 9.26. The van der Waals surface area contributed by atoms with Gasteiger partial charge in [-0.25, -0.2) is 4.98 Å². The number of hydrogen-bond donors (Lipinski definition) is 1. The van der Waals surface area contributed by atoms with Crippen molar-refractivity contribution in [3.05, 3.63) is 87.8 Å². The molecular formula is C29H25N3O4S. The average molecular weight is 512 g/mol. The molecule has 186 valence electrons. The molecule has 1 N–H and O–H groups in total. The van der Waals surface area contributed by atoms with Crippen molar-refractivity contribution in [1.29, 1.82) is 0 Å². The maximum absolute atomic E-state index is 13.1. The number of anilines is 2. The summed E-state index contributed by atoms with van der Waals surface area (Å²) in [5.74, 6) is 1.24. The monoisotopic (exact) mass is 511 g/mol. The standard InChI is InChI=1S/C29H25N3O4S/c1-17-4-3-5-22(12-17)28(34)32-11-10-20-15-21(7-8-23(20)32)27-18(2)37-29(31-27)30-26(33)14-19-6-9-24-25(13-19)36-16-35-24/h3-9,12-13,15H,10-11,14,16H2,1-2H3,(H,30,31,33). The zero-order valence-corrected chi connectivity index (χ0v) is 21.4. The lowest BCUT2D eigenvalue weighted by Crippen LogP contribution is -2.28. The molecule has 0 saturated heterocycles. The zero-order chi connectivity index (χ0) is 25.5. The maximum atomic E-state index is 13.1. The molecule has 0 unspecified atom stereocenters. The highest BCUT2D eigenvalue weighted by molar-refractivity contribution is 7.16. The number of thiazole rings is 1. The van der Waals surface area contributed by atoms with Gasteiger partial charge < -0.3 is 19.7 Å². The number of aryl methyl sites for hydroxylation is 2. The number of carbonyl (C=O) groups is 2. The molecule has 6 rings (SSSR count). The lowest BCUT2D eigenvalue weighted by atomic mass is 10.1. The van der Waals surface area contributed by atoms with Crippen molar-refractivity contribution in [2.75, 3.05) is 23.6 Å². The first kappa shape index (κ1) is 23.2. The van der Waals surface area contributed by atoms with Gasteiger partial charge in [0.2, 0.25) is 12.7 Å². The molecule has 37 heavy (non-hydrogen) atoms. The highest BCUT2D eigenvalue weighted by atomic mass is 32.1. The van der Waals surface area contributed by atoms with E-state index >= 15 is 0 Å². The molecule has 7 nitrogen and oxygen atoms in total. The summed E-state index contributed by atoms with van der Waals surface area (Å²) in [5.41, 5.74) is 6.51. The molecule has 2 amide bonds. The predicted octanol–water partition coefficient (Wildman–Crippen LogP) is 5.54. The van der Waals surface area contributed by atoms with E-state index in [-0.39, 0.29) is 25.0 Å². The van der Waals surface area contributed by atoms with E-state index in [4.69, 9.17) is 14.5 Å². The lowest BCUT2D eigenvalue weighted by Gasteiger charge is -2.18. The van der Waals surface area contributed by atoms with Crippen LogP contribution in [-0.4, -0.2) is 30.1 Å². The van der Waals surface area contributed by atoms with Crippen molar-refractivity contribution in [2.24, 2.45) is 0 Å². The molecule has 2 aliphatic rings. The van der Waals surface area contributed by atoms with Crippen molar-refractivity contribution in [2.45, 2.75) is 26.7 Å². The molecule has 8 heteroatoms. The van der Waals surface area contributed by atoms with Gasteiger partial charge in [0.1, 0.15) is 0 Å². The van der Waals surface area contributed by atoms with Gasteiger partial charge >= 0.3 is 0 Å². The summed E-state index contributed by atoms with van der Waals surface area (Å²) in [4.78, 5) is 33.4. The summed E-state index contributed by atoms with van der Waals surface area (Å²) in [5, 5.41) is 3.49. The van der Waals surface area contributed by atoms with E-state index in [9.17, 15) is 9.59 Å². The molecular weight excluding hydrogens is 486 g/mol. The van der Waals surface area contributed by atoms with Crippen LogP contribution in [-0.2, 0) is 17.6 Å². The molecule has 0 bridgehead atoms. The fraction of sp³-hybridized carbons (Fsp3) is 0.207. The minimum atomic E-state index is -0.140. The number of nitrogens with one attached hydrogen (secondary N) is 1. The van der Waals surface area contributed by atoms with Gasteiger partial charge in [0.25, 0.3) is 5.91 Å². The number of carbonyl (C=O) groups excluding carboxylic acids is 2. The maximum Gasteiger partial charge on any atom is 0.258 e. The van der Waals surface area contributed by atoms with Gasteiger partial charge in [-0.1, -0.05) is 29.8 Å². The van der Waals surface area contributed by atoms with E-state index in [1.165, 1.54) is 11.3 Å². The van der Waals surface area contributed by atoms with Crippen LogP contribution >= 0.6 is 11.3 Å². The number of rotatable bonds is 5. The fourth-order valence-corrected chi connectivity index (χ4v) is 5.66. The normalized spacial score (nSPS) is 13.5. The van der Waals surface area contributed by atoms with Crippen LogP contribution in [0.5, 0.6) is 11.5 Å². The Bertz CT molecular complexity index is 1540. The fourth-order valence-electron chi connectivity index (χ4n) is 4.81. The summed E-state index contributed by atoms with van der Waals surface area (Å²) < 4.78 is 10.7. The van der Waals surface area contributed by atoms with Crippen LogP contribution < -0.4 is 19.7 Å². The van der Waals surface area contributed by atoms with Crippen LogP contribution in [0.15, 0.2) is 60.7 Å². The minimum Gasteiger partial charge on any atom is -0.454 e. The molecule has 2 aliphatic heterocycles. The number of aromatic nitrogens is 1. The van der Waals surface area contributed by atoms with E-state index in [2.05, 4.69) is 11.4 Å². The Morgan fingerprint density at radius 3 is 2.76 bits per heavy atom. The van der Waals surface area contributed by atoms with Gasteiger partial charge in [-0.2, -0.15) is 0 Å². The van der Waals surface area contributed by atoms with Crippen LogP contribution in [0, 0.1) is 13.8 Å². The number of ether oxygens (including phenoxy) is 2. The van der Waals surface area contributed by atoms with Crippen LogP contribution in [0.1, 0.15) is 31.9 Å². The zero-order valence-electron chi connectivity index (χ0n) is 20.5. The SMILES string of the molecule is Cc1cccc(C(=O)N2CCc3cc(-c4nc(NC(=O)Cc5ccc6c(c5)OCO6)sc4C)ccc32)c1. The Morgan fingerprint density at radius 2 is 1.89 bits per heavy atom. The summed E-state index contributed by atoms with van der Waals surface area (Å²) in [7, 11) is 0.